The summed E-state index contributed by atoms with van der Waals surface area (Å²) in [7, 11) is 0. The second-order valence-corrected chi connectivity index (χ2v) is 12.2. The zero-order valence-electron chi connectivity index (χ0n) is 22.5. The van der Waals surface area contributed by atoms with E-state index in [1.807, 2.05) is 27.7 Å². The van der Waals surface area contributed by atoms with Crippen molar-refractivity contribution in [3.63, 3.8) is 0 Å². The molecule has 1 saturated heterocycles. The van der Waals surface area contributed by atoms with Crippen molar-refractivity contribution in [3.05, 3.63) is 11.1 Å². The smallest absolute Gasteiger partial charge is 0.303 e. The molecule has 2 N–H and O–H groups in total. The zero-order valence-corrected chi connectivity index (χ0v) is 22.5. The Labute approximate surface area is 212 Å². The first-order valence-electron chi connectivity index (χ1n) is 12.8. The number of fused-ring (bicyclic) bond motifs is 5. The molecule has 2 bridgehead atoms. The molecule has 36 heavy (non-hydrogen) atoms. The minimum atomic E-state index is -1.79. The molecule has 9 heteroatoms. The quantitative estimate of drug-likeness (QED) is 0.335. The van der Waals surface area contributed by atoms with Crippen LogP contribution in [0.4, 0.5) is 0 Å². The van der Waals surface area contributed by atoms with Crippen LogP contribution >= 0.6 is 0 Å². The van der Waals surface area contributed by atoms with E-state index in [1.165, 1.54) is 20.8 Å². The number of aliphatic hydroxyl groups is 2. The number of hydrogen-bond acceptors (Lipinski definition) is 9. The second-order valence-electron chi connectivity index (χ2n) is 12.2. The Bertz CT molecular complexity index is 1000. The van der Waals surface area contributed by atoms with Gasteiger partial charge in [0.25, 0.3) is 0 Å². The van der Waals surface area contributed by atoms with Gasteiger partial charge in [-0.3, -0.25) is 14.4 Å². The lowest BCUT2D eigenvalue weighted by atomic mass is 9.43. The molecule has 1 heterocycles. The Morgan fingerprint density at radius 3 is 2.06 bits per heavy atom. The molecule has 0 aromatic heterocycles. The van der Waals surface area contributed by atoms with E-state index < -0.39 is 70.3 Å². The fourth-order valence-corrected chi connectivity index (χ4v) is 7.91. The van der Waals surface area contributed by atoms with Crippen molar-refractivity contribution in [1.82, 2.24) is 0 Å². The van der Waals surface area contributed by atoms with E-state index in [0.717, 1.165) is 0 Å². The summed E-state index contributed by atoms with van der Waals surface area (Å²) in [5, 5.41) is 24.7. The molecule has 0 aromatic carbocycles. The molecule has 0 radical (unpaired) electrons. The molecule has 202 valence electrons. The van der Waals surface area contributed by atoms with Crippen LogP contribution in [0.2, 0.25) is 0 Å². The normalized spacial score (nSPS) is 45.2. The molecular formula is C27H40O9. The molecule has 4 aliphatic rings. The third-order valence-corrected chi connectivity index (χ3v) is 9.85. The Kier molecular flexibility index (Phi) is 6.42. The van der Waals surface area contributed by atoms with Crippen molar-refractivity contribution in [2.24, 2.45) is 22.7 Å². The van der Waals surface area contributed by atoms with Gasteiger partial charge < -0.3 is 29.2 Å². The highest BCUT2D eigenvalue weighted by Crippen LogP contribution is 2.65. The van der Waals surface area contributed by atoms with Crippen LogP contribution in [-0.4, -0.2) is 70.3 Å². The van der Waals surface area contributed by atoms with Gasteiger partial charge in [-0.15, -0.1) is 0 Å². The van der Waals surface area contributed by atoms with Gasteiger partial charge in [-0.2, -0.15) is 0 Å². The Balaban J connectivity index is 1.99. The summed E-state index contributed by atoms with van der Waals surface area (Å²) in [5.74, 6) is -2.22. The average Bonchev–Trinajstić information content (AvgIpc) is 2.71. The van der Waals surface area contributed by atoms with E-state index in [9.17, 15) is 24.6 Å². The maximum atomic E-state index is 12.5. The van der Waals surface area contributed by atoms with Crippen LogP contribution in [-0.2, 0) is 33.3 Å². The summed E-state index contributed by atoms with van der Waals surface area (Å²) < 4.78 is 23.4. The van der Waals surface area contributed by atoms with Crippen molar-refractivity contribution < 1.29 is 43.5 Å². The topological polar surface area (TPSA) is 129 Å². The minimum Gasteiger partial charge on any atom is -0.458 e. The van der Waals surface area contributed by atoms with Crippen LogP contribution in [0.3, 0.4) is 0 Å². The molecule has 0 aromatic rings. The summed E-state index contributed by atoms with van der Waals surface area (Å²) >= 11 is 0. The summed E-state index contributed by atoms with van der Waals surface area (Å²) in [6.45, 7) is 13.6. The maximum absolute atomic E-state index is 12.5. The highest BCUT2D eigenvalue weighted by atomic mass is 16.6. The Hall–Kier alpha value is -1.97. The summed E-state index contributed by atoms with van der Waals surface area (Å²) in [6, 6.07) is 0. The van der Waals surface area contributed by atoms with Crippen molar-refractivity contribution in [3.8, 4) is 0 Å². The summed E-state index contributed by atoms with van der Waals surface area (Å²) in [6.07, 6.45) is -2.45. The number of ether oxygens (including phenoxy) is 4. The Morgan fingerprint density at radius 1 is 0.972 bits per heavy atom. The van der Waals surface area contributed by atoms with Gasteiger partial charge in [-0.1, -0.05) is 27.7 Å². The van der Waals surface area contributed by atoms with E-state index in [0.29, 0.717) is 24.0 Å². The number of rotatable bonds is 3. The molecule has 0 amide bonds. The van der Waals surface area contributed by atoms with Gasteiger partial charge in [0.05, 0.1) is 12.7 Å². The summed E-state index contributed by atoms with van der Waals surface area (Å²) in [4.78, 5) is 36.6. The van der Waals surface area contributed by atoms with Crippen molar-refractivity contribution in [2.75, 3.05) is 6.61 Å². The molecular weight excluding hydrogens is 468 g/mol. The van der Waals surface area contributed by atoms with Gasteiger partial charge in [0.1, 0.15) is 23.9 Å². The summed E-state index contributed by atoms with van der Waals surface area (Å²) in [5.41, 5.74) is -3.33. The van der Waals surface area contributed by atoms with Crippen LogP contribution in [0.5, 0.6) is 0 Å². The predicted molar refractivity (Wildman–Crippen MR) is 127 cm³/mol. The first kappa shape index (κ1) is 27.1. The molecule has 3 fully saturated rings. The van der Waals surface area contributed by atoms with E-state index in [1.54, 1.807) is 0 Å². The van der Waals surface area contributed by atoms with Gasteiger partial charge in [-0.05, 0) is 42.2 Å². The number of esters is 3. The third-order valence-electron chi connectivity index (χ3n) is 9.85. The minimum absolute atomic E-state index is 0.0140. The molecule has 9 nitrogen and oxygen atoms in total. The monoisotopic (exact) mass is 508 g/mol. The van der Waals surface area contributed by atoms with Crippen LogP contribution < -0.4 is 0 Å². The van der Waals surface area contributed by atoms with Gasteiger partial charge >= 0.3 is 17.9 Å². The number of carbonyl (C=O) groups is 3. The zero-order chi connectivity index (χ0) is 27.0. The number of carbonyl (C=O) groups excluding carboxylic acids is 3. The first-order valence-corrected chi connectivity index (χ1v) is 12.8. The van der Waals surface area contributed by atoms with Crippen LogP contribution in [0.1, 0.15) is 74.7 Å². The molecule has 4 rings (SSSR count). The lowest BCUT2D eigenvalue weighted by Gasteiger charge is -2.68. The van der Waals surface area contributed by atoms with Crippen LogP contribution in [0, 0.1) is 22.7 Å². The molecule has 0 spiro atoms. The maximum Gasteiger partial charge on any atom is 0.303 e. The SMILES string of the molecule is CC(=O)OC1CC2(O)C(O)C3C(C)(CC(OC(C)=O)C(=C1C)C2(C)C)C(C)CC1OCC13OC(C)=O. The predicted octanol–water partition coefficient (Wildman–Crippen LogP) is 2.45. The van der Waals surface area contributed by atoms with E-state index in [4.69, 9.17) is 18.9 Å². The van der Waals surface area contributed by atoms with Crippen molar-refractivity contribution >= 4 is 17.9 Å². The first-order chi connectivity index (χ1) is 16.5. The van der Waals surface area contributed by atoms with Crippen LogP contribution in [0.15, 0.2) is 11.1 Å². The average molecular weight is 509 g/mol. The second kappa shape index (κ2) is 8.53. The largest absolute Gasteiger partial charge is 0.458 e. The third kappa shape index (κ3) is 3.64. The molecule has 3 aliphatic carbocycles. The molecule has 2 saturated carbocycles. The highest BCUT2D eigenvalue weighted by molar-refractivity contribution is 5.68. The van der Waals surface area contributed by atoms with Crippen molar-refractivity contribution in [1.29, 1.82) is 0 Å². The van der Waals surface area contributed by atoms with Gasteiger partial charge in [0.2, 0.25) is 0 Å². The lowest BCUT2D eigenvalue weighted by Crippen LogP contribution is -2.78. The Morgan fingerprint density at radius 2 is 1.56 bits per heavy atom. The van der Waals surface area contributed by atoms with Gasteiger partial charge in [0, 0.05) is 38.5 Å². The fourth-order valence-electron chi connectivity index (χ4n) is 7.91. The van der Waals surface area contributed by atoms with E-state index in [-0.39, 0.29) is 18.9 Å². The lowest BCUT2D eigenvalue weighted by molar-refractivity contribution is -0.348. The van der Waals surface area contributed by atoms with Crippen molar-refractivity contribution in [2.45, 2.75) is 110 Å². The number of aliphatic hydroxyl groups excluding tert-OH is 1. The van der Waals surface area contributed by atoms with E-state index >= 15 is 0 Å². The fraction of sp³-hybridized carbons (Fsp3) is 0.815. The molecule has 9 atom stereocenters. The van der Waals surface area contributed by atoms with E-state index in [2.05, 4.69) is 6.92 Å². The van der Waals surface area contributed by atoms with Crippen LogP contribution in [0.25, 0.3) is 0 Å². The molecule has 9 unspecified atom stereocenters. The van der Waals surface area contributed by atoms with Gasteiger partial charge in [0.15, 0.2) is 5.60 Å². The number of hydrogen-bond donors (Lipinski definition) is 2. The standard InChI is InChI=1S/C27H40O9/c1-13-9-20-26(12-33-20,36-17(5)30)22-23(31)27(32)11-18(34-15(3)28)14(2)21(24(27,6)7)19(35-16(4)29)10-25(13,22)8/h13,18-20,22-23,31-32H,9-12H2,1-8H3. The van der Waals surface area contributed by atoms with Gasteiger partial charge in [-0.25, -0.2) is 0 Å². The molecule has 1 aliphatic heterocycles. The highest BCUT2D eigenvalue weighted by Gasteiger charge is 2.74.